The van der Waals surface area contributed by atoms with Gasteiger partial charge in [-0.1, -0.05) is 0 Å². The van der Waals surface area contributed by atoms with E-state index in [0.29, 0.717) is 6.67 Å². The number of rotatable bonds is 0. The van der Waals surface area contributed by atoms with Crippen LogP contribution < -0.4 is 10.6 Å². The number of aryl methyl sites for hydroxylation is 1. The van der Waals surface area contributed by atoms with Crippen molar-refractivity contribution in [3.8, 4) is 0 Å². The number of hydrogen-bond acceptors (Lipinski definition) is 3. The Labute approximate surface area is 70.5 Å². The van der Waals surface area contributed by atoms with Crippen LogP contribution in [-0.4, -0.2) is 29.1 Å². The van der Waals surface area contributed by atoms with Gasteiger partial charge in [0, 0.05) is 14.1 Å². The smallest absolute Gasteiger partial charge is 0.152 e. The Morgan fingerprint density at radius 2 is 2.42 bits per heavy atom. The molecule has 0 saturated carbocycles. The molecule has 0 atom stereocenters. The highest BCUT2D eigenvalue weighted by Crippen LogP contribution is 2.15. The number of fused-ring (bicyclic) bond motifs is 1. The van der Waals surface area contributed by atoms with E-state index in [-0.39, 0.29) is 0 Å². The molecular weight excluding hydrogens is 154 g/mol. The van der Waals surface area contributed by atoms with Gasteiger partial charge in [0.15, 0.2) is 5.84 Å². The van der Waals surface area contributed by atoms with Crippen LogP contribution >= 0.6 is 0 Å². The average molecular weight is 165 g/mol. The molecule has 0 spiro atoms. The van der Waals surface area contributed by atoms with Crippen molar-refractivity contribution < 1.29 is 0 Å². The Morgan fingerprint density at radius 3 is 3.17 bits per heavy atom. The molecule has 5 nitrogen and oxygen atoms in total. The molecule has 0 unspecified atom stereocenters. The van der Waals surface area contributed by atoms with Crippen LogP contribution in [0.25, 0.3) is 0 Å². The molecule has 64 valence electrons. The number of anilines is 1. The minimum absolute atomic E-state index is 0.708. The second-order valence-corrected chi connectivity index (χ2v) is 2.66. The van der Waals surface area contributed by atoms with Gasteiger partial charge in [-0.05, 0) is 0 Å². The van der Waals surface area contributed by atoms with Crippen molar-refractivity contribution in [3.05, 3.63) is 12.0 Å². The normalized spacial score (nSPS) is 18.3. The first-order chi connectivity index (χ1) is 5.83. The number of nitrogens with zero attached hydrogens (tertiary/aromatic N) is 3. The molecule has 2 N–H and O–H groups in total. The van der Waals surface area contributed by atoms with Crippen molar-refractivity contribution in [2.75, 3.05) is 19.0 Å². The second kappa shape index (κ2) is 2.51. The SMILES string of the molecule is CN=C1NCNc2c1ncn2C. The number of aromatic nitrogens is 2. The first kappa shape index (κ1) is 7.15. The maximum atomic E-state index is 4.22. The largest absolute Gasteiger partial charge is 0.352 e. The predicted octanol–water partition coefficient (Wildman–Crippen LogP) is -0.231. The van der Waals surface area contributed by atoms with E-state index < -0.39 is 0 Å². The van der Waals surface area contributed by atoms with E-state index in [1.54, 1.807) is 13.4 Å². The summed E-state index contributed by atoms with van der Waals surface area (Å²) in [6, 6.07) is 0. The second-order valence-electron chi connectivity index (χ2n) is 2.66. The summed E-state index contributed by atoms with van der Waals surface area (Å²) in [6.07, 6.45) is 1.77. The molecule has 0 bridgehead atoms. The Bertz CT molecular complexity index is 325. The van der Waals surface area contributed by atoms with Gasteiger partial charge in [0.25, 0.3) is 0 Å². The third-order valence-corrected chi connectivity index (χ3v) is 1.90. The molecule has 0 radical (unpaired) electrons. The standard InChI is InChI=1S/C7H11N5/c1-8-6-5-7(10-3-9-6)12(2)4-11-5/h4,10H,3H2,1-2H3,(H,8,9). The highest BCUT2D eigenvalue weighted by molar-refractivity contribution is 6.02. The van der Waals surface area contributed by atoms with E-state index in [1.165, 1.54) is 0 Å². The third kappa shape index (κ3) is 0.861. The maximum absolute atomic E-state index is 4.22. The topological polar surface area (TPSA) is 54.2 Å². The summed E-state index contributed by atoms with van der Waals surface area (Å²) >= 11 is 0. The first-order valence-electron chi connectivity index (χ1n) is 3.79. The molecule has 1 aromatic rings. The molecule has 0 fully saturated rings. The lowest BCUT2D eigenvalue weighted by Gasteiger charge is -2.17. The summed E-state index contributed by atoms with van der Waals surface area (Å²) in [4.78, 5) is 8.31. The predicted molar refractivity (Wildman–Crippen MR) is 47.3 cm³/mol. The molecule has 0 aromatic carbocycles. The maximum Gasteiger partial charge on any atom is 0.152 e. The number of nitrogens with one attached hydrogen (secondary N) is 2. The monoisotopic (exact) mass is 165 g/mol. The fourth-order valence-corrected chi connectivity index (χ4v) is 1.29. The van der Waals surface area contributed by atoms with Crippen molar-refractivity contribution in [3.63, 3.8) is 0 Å². The molecule has 12 heavy (non-hydrogen) atoms. The summed E-state index contributed by atoms with van der Waals surface area (Å²) in [5.41, 5.74) is 0.895. The van der Waals surface area contributed by atoms with Gasteiger partial charge < -0.3 is 15.2 Å². The Hall–Kier alpha value is -1.52. The summed E-state index contributed by atoms with van der Waals surface area (Å²) < 4.78 is 1.95. The number of imidazole rings is 1. The zero-order chi connectivity index (χ0) is 8.55. The average Bonchev–Trinajstić information content (AvgIpc) is 2.48. The van der Waals surface area contributed by atoms with Gasteiger partial charge in [-0.25, -0.2) is 4.98 Å². The van der Waals surface area contributed by atoms with Crippen molar-refractivity contribution in [1.82, 2.24) is 14.9 Å². The molecule has 5 heteroatoms. The molecular formula is C7H11N5. The van der Waals surface area contributed by atoms with Crippen molar-refractivity contribution in [2.45, 2.75) is 0 Å². The molecule has 2 heterocycles. The number of hydrogen-bond donors (Lipinski definition) is 2. The van der Waals surface area contributed by atoms with Crippen LogP contribution in [-0.2, 0) is 7.05 Å². The number of amidine groups is 1. The van der Waals surface area contributed by atoms with Crippen molar-refractivity contribution >= 4 is 11.7 Å². The minimum Gasteiger partial charge on any atom is -0.352 e. The minimum atomic E-state index is 0.708. The summed E-state index contributed by atoms with van der Waals surface area (Å²) in [5, 5.41) is 6.29. The van der Waals surface area contributed by atoms with E-state index in [1.807, 2.05) is 11.6 Å². The van der Waals surface area contributed by atoms with Crippen molar-refractivity contribution in [2.24, 2.45) is 12.0 Å². The van der Waals surface area contributed by atoms with Gasteiger partial charge in [-0.15, -0.1) is 0 Å². The molecule has 0 aliphatic carbocycles. The van der Waals surface area contributed by atoms with E-state index >= 15 is 0 Å². The molecule has 1 aromatic heterocycles. The van der Waals surface area contributed by atoms with Crippen LogP contribution in [0.2, 0.25) is 0 Å². The Morgan fingerprint density at radius 1 is 1.58 bits per heavy atom. The highest BCUT2D eigenvalue weighted by atomic mass is 15.2. The van der Waals surface area contributed by atoms with Crippen LogP contribution in [0.3, 0.4) is 0 Å². The van der Waals surface area contributed by atoms with Crippen LogP contribution in [0.5, 0.6) is 0 Å². The van der Waals surface area contributed by atoms with Crippen LogP contribution in [0.1, 0.15) is 5.69 Å². The van der Waals surface area contributed by atoms with Crippen LogP contribution in [0.15, 0.2) is 11.3 Å². The lowest BCUT2D eigenvalue weighted by atomic mass is 10.3. The first-order valence-corrected chi connectivity index (χ1v) is 3.79. The molecule has 0 saturated heterocycles. The van der Waals surface area contributed by atoms with Crippen LogP contribution in [0, 0.1) is 0 Å². The summed E-state index contributed by atoms with van der Waals surface area (Å²) in [6.45, 7) is 0.708. The van der Waals surface area contributed by atoms with Crippen LogP contribution in [0.4, 0.5) is 5.82 Å². The molecule has 1 aliphatic heterocycles. The Kier molecular flexibility index (Phi) is 1.49. The van der Waals surface area contributed by atoms with Gasteiger partial charge in [-0.3, -0.25) is 4.99 Å². The number of aliphatic imine (C=N–C) groups is 1. The summed E-state index contributed by atoms with van der Waals surface area (Å²) in [5.74, 6) is 1.87. The zero-order valence-electron chi connectivity index (χ0n) is 7.13. The third-order valence-electron chi connectivity index (χ3n) is 1.90. The molecule has 2 rings (SSSR count). The quantitative estimate of drug-likeness (QED) is 0.558. The Balaban J connectivity index is 2.53. The van der Waals surface area contributed by atoms with E-state index in [9.17, 15) is 0 Å². The van der Waals surface area contributed by atoms with Crippen molar-refractivity contribution in [1.29, 1.82) is 0 Å². The van der Waals surface area contributed by atoms with E-state index in [0.717, 1.165) is 17.3 Å². The summed E-state index contributed by atoms with van der Waals surface area (Å²) in [7, 11) is 3.71. The zero-order valence-corrected chi connectivity index (χ0v) is 7.13. The fraction of sp³-hybridized carbons (Fsp3) is 0.429. The highest BCUT2D eigenvalue weighted by Gasteiger charge is 2.17. The molecule has 1 aliphatic rings. The van der Waals surface area contributed by atoms with Gasteiger partial charge in [0.1, 0.15) is 11.5 Å². The lowest BCUT2D eigenvalue weighted by Crippen LogP contribution is -2.36. The van der Waals surface area contributed by atoms with E-state index in [4.69, 9.17) is 0 Å². The van der Waals surface area contributed by atoms with Gasteiger partial charge >= 0.3 is 0 Å². The lowest BCUT2D eigenvalue weighted by molar-refractivity contribution is 0.873. The van der Waals surface area contributed by atoms with E-state index in [2.05, 4.69) is 20.6 Å². The fourth-order valence-electron chi connectivity index (χ4n) is 1.29. The van der Waals surface area contributed by atoms with Gasteiger partial charge in [-0.2, -0.15) is 0 Å². The van der Waals surface area contributed by atoms with Gasteiger partial charge in [0.05, 0.1) is 13.0 Å². The molecule has 0 amide bonds. The van der Waals surface area contributed by atoms with Gasteiger partial charge in [0.2, 0.25) is 0 Å².